The molecule has 0 aromatic heterocycles. The van der Waals surface area contributed by atoms with Gasteiger partial charge in [0.25, 0.3) is 5.69 Å². The highest BCUT2D eigenvalue weighted by atomic mass is 16.6. The fourth-order valence-corrected chi connectivity index (χ4v) is 1.58. The number of nitro groups is 1. The molecule has 18 heavy (non-hydrogen) atoms. The number of hydrogen-bond acceptors (Lipinski definition) is 3. The SMILES string of the molecule is O=[N+]([O-])c1cc(O)cc(/C=C/c2ccccc2)c1. The third kappa shape index (κ3) is 2.95. The second-order valence-electron chi connectivity index (χ2n) is 3.78. The molecule has 4 heteroatoms. The van der Waals surface area contributed by atoms with Gasteiger partial charge in [0.2, 0.25) is 0 Å². The number of hydrogen-bond donors (Lipinski definition) is 1. The number of phenolic OH excluding ortho intramolecular Hbond substituents is 1. The van der Waals surface area contributed by atoms with Gasteiger partial charge in [0, 0.05) is 6.07 Å². The summed E-state index contributed by atoms with van der Waals surface area (Å²) in [7, 11) is 0. The summed E-state index contributed by atoms with van der Waals surface area (Å²) in [4.78, 5) is 10.1. The minimum absolute atomic E-state index is 0.114. The first-order valence-electron chi connectivity index (χ1n) is 5.37. The highest BCUT2D eigenvalue weighted by Crippen LogP contribution is 2.22. The topological polar surface area (TPSA) is 63.4 Å². The summed E-state index contributed by atoms with van der Waals surface area (Å²) in [6.07, 6.45) is 3.56. The molecule has 0 fully saturated rings. The fraction of sp³-hybridized carbons (Fsp3) is 0. The van der Waals surface area contributed by atoms with Gasteiger partial charge >= 0.3 is 0 Å². The molecule has 0 amide bonds. The highest BCUT2D eigenvalue weighted by Gasteiger charge is 2.07. The maximum Gasteiger partial charge on any atom is 0.273 e. The highest BCUT2D eigenvalue weighted by molar-refractivity contribution is 5.71. The van der Waals surface area contributed by atoms with Crippen LogP contribution in [0.25, 0.3) is 12.2 Å². The molecule has 0 saturated heterocycles. The van der Waals surface area contributed by atoms with E-state index in [4.69, 9.17) is 0 Å². The zero-order valence-corrected chi connectivity index (χ0v) is 9.48. The molecule has 90 valence electrons. The lowest BCUT2D eigenvalue weighted by Gasteiger charge is -1.97. The number of non-ortho nitro benzene ring substituents is 1. The Bertz CT molecular complexity index is 591. The molecule has 0 aliphatic heterocycles. The second-order valence-corrected chi connectivity index (χ2v) is 3.78. The fourth-order valence-electron chi connectivity index (χ4n) is 1.58. The number of benzene rings is 2. The van der Waals surface area contributed by atoms with Crippen molar-refractivity contribution in [3.8, 4) is 5.75 Å². The van der Waals surface area contributed by atoms with Gasteiger partial charge in [0.1, 0.15) is 5.75 Å². The molecule has 0 saturated carbocycles. The van der Waals surface area contributed by atoms with Crippen LogP contribution in [-0.4, -0.2) is 10.0 Å². The molecule has 1 N–H and O–H groups in total. The largest absolute Gasteiger partial charge is 0.508 e. The van der Waals surface area contributed by atoms with Crippen molar-refractivity contribution in [2.24, 2.45) is 0 Å². The van der Waals surface area contributed by atoms with Crippen LogP contribution in [0.2, 0.25) is 0 Å². The Kier molecular flexibility index (Phi) is 3.38. The molecular weight excluding hydrogens is 230 g/mol. The molecule has 0 heterocycles. The van der Waals surface area contributed by atoms with Gasteiger partial charge in [-0.1, -0.05) is 42.5 Å². The third-order valence-electron chi connectivity index (χ3n) is 2.40. The van der Waals surface area contributed by atoms with Crippen LogP contribution in [-0.2, 0) is 0 Å². The molecule has 2 aromatic carbocycles. The number of aromatic hydroxyl groups is 1. The normalized spacial score (nSPS) is 10.7. The van der Waals surface area contributed by atoms with Gasteiger partial charge in [-0.3, -0.25) is 10.1 Å². The minimum Gasteiger partial charge on any atom is -0.508 e. The maximum absolute atomic E-state index is 10.6. The van der Waals surface area contributed by atoms with E-state index in [0.29, 0.717) is 5.56 Å². The van der Waals surface area contributed by atoms with Crippen molar-refractivity contribution >= 4 is 17.8 Å². The van der Waals surface area contributed by atoms with Crippen LogP contribution in [0.1, 0.15) is 11.1 Å². The quantitative estimate of drug-likeness (QED) is 0.508. The van der Waals surface area contributed by atoms with Crippen LogP contribution in [0.4, 0.5) is 5.69 Å². The predicted molar refractivity (Wildman–Crippen MR) is 70.1 cm³/mol. The lowest BCUT2D eigenvalue weighted by atomic mass is 10.1. The van der Waals surface area contributed by atoms with E-state index in [9.17, 15) is 15.2 Å². The van der Waals surface area contributed by atoms with Gasteiger partial charge in [-0.2, -0.15) is 0 Å². The molecule has 2 aromatic rings. The van der Waals surface area contributed by atoms with Crippen molar-refractivity contribution in [3.63, 3.8) is 0 Å². The molecule has 4 nitrogen and oxygen atoms in total. The van der Waals surface area contributed by atoms with E-state index >= 15 is 0 Å². The first-order valence-corrected chi connectivity index (χ1v) is 5.37. The Hall–Kier alpha value is -2.62. The van der Waals surface area contributed by atoms with Gasteiger partial charge in [-0.05, 0) is 17.2 Å². The van der Waals surface area contributed by atoms with Gasteiger partial charge < -0.3 is 5.11 Å². The van der Waals surface area contributed by atoms with Gasteiger partial charge in [0.05, 0.1) is 11.0 Å². The van der Waals surface area contributed by atoms with Crippen LogP contribution < -0.4 is 0 Å². The Morgan fingerprint density at radius 3 is 2.33 bits per heavy atom. The second kappa shape index (κ2) is 5.14. The third-order valence-corrected chi connectivity index (χ3v) is 2.40. The summed E-state index contributed by atoms with van der Waals surface area (Å²) >= 11 is 0. The molecule has 0 aliphatic carbocycles. The smallest absolute Gasteiger partial charge is 0.273 e. The van der Waals surface area contributed by atoms with Crippen molar-refractivity contribution in [1.82, 2.24) is 0 Å². The van der Waals surface area contributed by atoms with Crippen LogP contribution in [0, 0.1) is 10.1 Å². The van der Waals surface area contributed by atoms with Crippen molar-refractivity contribution in [3.05, 3.63) is 69.8 Å². The van der Waals surface area contributed by atoms with E-state index in [1.54, 1.807) is 6.08 Å². The van der Waals surface area contributed by atoms with E-state index < -0.39 is 4.92 Å². The maximum atomic E-state index is 10.6. The zero-order valence-electron chi connectivity index (χ0n) is 9.48. The molecule has 0 bridgehead atoms. The Labute approximate surface area is 104 Å². The molecular formula is C14H11NO3. The summed E-state index contributed by atoms with van der Waals surface area (Å²) in [5.74, 6) is -0.114. The van der Waals surface area contributed by atoms with E-state index in [-0.39, 0.29) is 11.4 Å². The standard InChI is InChI=1S/C14H11NO3/c16-14-9-12(8-13(10-14)15(17)18)7-6-11-4-2-1-3-5-11/h1-10,16H/b7-6+. The summed E-state index contributed by atoms with van der Waals surface area (Å²) < 4.78 is 0. The molecule has 0 radical (unpaired) electrons. The predicted octanol–water partition coefficient (Wildman–Crippen LogP) is 3.47. The summed E-state index contributed by atoms with van der Waals surface area (Å²) in [5, 5.41) is 20.1. The molecule has 0 atom stereocenters. The van der Waals surface area contributed by atoms with Crippen LogP contribution >= 0.6 is 0 Å². The van der Waals surface area contributed by atoms with Gasteiger partial charge in [0.15, 0.2) is 0 Å². The zero-order chi connectivity index (χ0) is 13.0. The molecule has 0 spiro atoms. The average molecular weight is 241 g/mol. The lowest BCUT2D eigenvalue weighted by Crippen LogP contribution is -1.88. The number of nitrogens with zero attached hydrogens (tertiary/aromatic N) is 1. The van der Waals surface area contributed by atoms with E-state index in [1.807, 2.05) is 36.4 Å². The summed E-state index contributed by atoms with van der Waals surface area (Å²) in [5.41, 5.74) is 1.46. The van der Waals surface area contributed by atoms with Crippen molar-refractivity contribution in [2.45, 2.75) is 0 Å². The molecule has 0 aliphatic rings. The van der Waals surface area contributed by atoms with E-state index in [2.05, 4.69) is 0 Å². The monoisotopic (exact) mass is 241 g/mol. The van der Waals surface area contributed by atoms with Crippen LogP contribution in [0.15, 0.2) is 48.5 Å². The average Bonchev–Trinajstić information content (AvgIpc) is 2.37. The molecule has 2 rings (SSSR count). The lowest BCUT2D eigenvalue weighted by molar-refractivity contribution is -0.384. The Morgan fingerprint density at radius 1 is 1.00 bits per heavy atom. The van der Waals surface area contributed by atoms with Crippen molar-refractivity contribution in [2.75, 3.05) is 0 Å². The van der Waals surface area contributed by atoms with Crippen LogP contribution in [0.3, 0.4) is 0 Å². The van der Waals surface area contributed by atoms with E-state index in [0.717, 1.165) is 11.6 Å². The number of phenols is 1. The number of rotatable bonds is 3. The Morgan fingerprint density at radius 2 is 1.67 bits per heavy atom. The van der Waals surface area contributed by atoms with Gasteiger partial charge in [-0.25, -0.2) is 0 Å². The Balaban J connectivity index is 2.29. The summed E-state index contributed by atoms with van der Waals surface area (Å²) in [6, 6.07) is 13.6. The van der Waals surface area contributed by atoms with Crippen LogP contribution in [0.5, 0.6) is 5.75 Å². The first kappa shape index (κ1) is 11.9. The summed E-state index contributed by atoms with van der Waals surface area (Å²) in [6.45, 7) is 0. The van der Waals surface area contributed by atoms with Crippen molar-refractivity contribution in [1.29, 1.82) is 0 Å². The molecule has 0 unspecified atom stereocenters. The van der Waals surface area contributed by atoms with Crippen molar-refractivity contribution < 1.29 is 10.0 Å². The first-order chi connectivity index (χ1) is 8.65. The number of nitro benzene ring substituents is 1. The van der Waals surface area contributed by atoms with Gasteiger partial charge in [-0.15, -0.1) is 0 Å². The van der Waals surface area contributed by atoms with E-state index in [1.165, 1.54) is 12.1 Å². The minimum atomic E-state index is -0.528.